The number of nitrogens with one attached hydrogen (secondary N) is 1. The lowest BCUT2D eigenvalue weighted by molar-refractivity contribution is 0.102. The number of carbonyl (C=O) groups is 1. The molecule has 1 atom stereocenters. The predicted molar refractivity (Wildman–Crippen MR) is 120 cm³/mol. The quantitative estimate of drug-likeness (QED) is 0.538. The maximum Gasteiger partial charge on any atom is 0.286 e. The van der Waals surface area contributed by atoms with E-state index in [2.05, 4.69) is 15.5 Å². The molecule has 0 spiro atoms. The van der Waals surface area contributed by atoms with E-state index in [1.165, 1.54) is 48.9 Å². The van der Waals surface area contributed by atoms with Gasteiger partial charge in [-0.1, -0.05) is 11.3 Å². The number of methoxy groups -OCH3 is 2. The Balaban J connectivity index is 1.58. The Hall–Kier alpha value is -3.09. The summed E-state index contributed by atoms with van der Waals surface area (Å²) in [6.45, 7) is 0.296. The molecule has 1 fully saturated rings. The van der Waals surface area contributed by atoms with E-state index in [0.29, 0.717) is 35.8 Å². The highest BCUT2D eigenvalue weighted by molar-refractivity contribution is 7.89. The summed E-state index contributed by atoms with van der Waals surface area (Å²) < 4.78 is 51.9. The molecule has 1 saturated heterocycles. The molecule has 3 aromatic rings. The van der Waals surface area contributed by atoms with Crippen molar-refractivity contribution in [3.05, 3.63) is 58.3 Å². The lowest BCUT2D eigenvalue weighted by atomic mass is 10.2. The van der Waals surface area contributed by atoms with Crippen LogP contribution < -0.4 is 14.8 Å². The molecule has 1 N–H and O–H groups in total. The van der Waals surface area contributed by atoms with E-state index in [1.807, 2.05) is 0 Å². The number of rotatable bonds is 7. The first kappa shape index (κ1) is 23.1. The summed E-state index contributed by atoms with van der Waals surface area (Å²) in [6.07, 6.45) is 1.17. The van der Waals surface area contributed by atoms with Crippen LogP contribution in [-0.2, 0) is 10.0 Å². The van der Waals surface area contributed by atoms with Gasteiger partial charge in [-0.3, -0.25) is 4.79 Å². The van der Waals surface area contributed by atoms with Crippen LogP contribution in [0.3, 0.4) is 0 Å². The van der Waals surface area contributed by atoms with Gasteiger partial charge < -0.3 is 14.8 Å². The largest absolute Gasteiger partial charge is 0.497 e. The summed E-state index contributed by atoms with van der Waals surface area (Å²) in [5, 5.41) is 11.2. The van der Waals surface area contributed by atoms with Gasteiger partial charge in [-0.2, -0.15) is 4.31 Å². The number of hydrogen-bond donors (Lipinski definition) is 1. The Morgan fingerprint density at radius 3 is 2.61 bits per heavy atom. The van der Waals surface area contributed by atoms with Crippen molar-refractivity contribution in [2.75, 3.05) is 26.1 Å². The number of halogens is 1. The molecule has 1 aromatic heterocycles. The third-order valence-electron chi connectivity index (χ3n) is 5.18. The summed E-state index contributed by atoms with van der Waals surface area (Å²) in [5.41, 5.74) is 0.411. The van der Waals surface area contributed by atoms with Crippen molar-refractivity contribution in [1.29, 1.82) is 0 Å². The van der Waals surface area contributed by atoms with E-state index in [1.54, 1.807) is 12.1 Å². The minimum Gasteiger partial charge on any atom is -0.497 e. The van der Waals surface area contributed by atoms with Crippen LogP contribution in [-0.4, -0.2) is 49.6 Å². The molecule has 33 heavy (non-hydrogen) atoms. The summed E-state index contributed by atoms with van der Waals surface area (Å²) in [4.78, 5) is 12.5. The topological polar surface area (TPSA) is 111 Å². The molecular formula is C21H21FN4O5S2. The van der Waals surface area contributed by atoms with E-state index >= 15 is 0 Å². The van der Waals surface area contributed by atoms with Crippen LogP contribution in [0, 0.1) is 5.82 Å². The number of ether oxygens (including phenoxy) is 2. The number of nitrogens with zero attached hydrogens (tertiary/aromatic N) is 3. The molecule has 1 aliphatic rings. The SMILES string of the molecule is COc1ccc(OC)c(S(=O)(=O)N2CCC[C@@H]2c2nnc(C(=O)Nc3ccc(F)cc3)s2)c1. The second-order valence-corrected chi connectivity index (χ2v) is 10.1. The Kier molecular flexibility index (Phi) is 6.58. The molecule has 9 nitrogen and oxygen atoms in total. The summed E-state index contributed by atoms with van der Waals surface area (Å²) in [5.74, 6) is -0.326. The van der Waals surface area contributed by atoms with E-state index in [-0.39, 0.29) is 15.7 Å². The van der Waals surface area contributed by atoms with Gasteiger partial charge in [0, 0.05) is 18.3 Å². The van der Waals surface area contributed by atoms with Crippen LogP contribution in [0.15, 0.2) is 47.4 Å². The van der Waals surface area contributed by atoms with Gasteiger partial charge in [0.05, 0.1) is 20.3 Å². The van der Waals surface area contributed by atoms with Gasteiger partial charge in [0.25, 0.3) is 5.91 Å². The van der Waals surface area contributed by atoms with Gasteiger partial charge in [-0.05, 0) is 49.2 Å². The fourth-order valence-corrected chi connectivity index (χ4v) is 6.35. The van der Waals surface area contributed by atoms with Crippen LogP contribution in [0.1, 0.15) is 33.7 Å². The second kappa shape index (κ2) is 9.41. The molecule has 4 rings (SSSR count). The highest BCUT2D eigenvalue weighted by atomic mass is 32.2. The molecule has 2 heterocycles. The molecule has 0 saturated carbocycles. The summed E-state index contributed by atoms with van der Waals surface area (Å²) >= 11 is 1.02. The van der Waals surface area contributed by atoms with Crippen molar-refractivity contribution in [2.24, 2.45) is 0 Å². The van der Waals surface area contributed by atoms with E-state index in [9.17, 15) is 17.6 Å². The molecule has 12 heteroatoms. The van der Waals surface area contributed by atoms with E-state index < -0.39 is 27.8 Å². The first-order valence-electron chi connectivity index (χ1n) is 9.97. The van der Waals surface area contributed by atoms with E-state index in [4.69, 9.17) is 9.47 Å². The molecule has 0 aliphatic carbocycles. The Labute approximate surface area is 194 Å². The van der Waals surface area contributed by atoms with Crippen LogP contribution >= 0.6 is 11.3 Å². The summed E-state index contributed by atoms with van der Waals surface area (Å²) in [7, 11) is -1.09. The number of anilines is 1. The third-order valence-corrected chi connectivity index (χ3v) is 8.14. The zero-order chi connectivity index (χ0) is 23.6. The van der Waals surface area contributed by atoms with E-state index in [0.717, 1.165) is 11.3 Å². The molecular weight excluding hydrogens is 471 g/mol. The smallest absolute Gasteiger partial charge is 0.286 e. The summed E-state index contributed by atoms with van der Waals surface area (Å²) in [6, 6.07) is 9.35. The van der Waals surface area contributed by atoms with Crippen molar-refractivity contribution in [3.63, 3.8) is 0 Å². The van der Waals surface area contributed by atoms with Gasteiger partial charge in [0.2, 0.25) is 15.0 Å². The average molecular weight is 493 g/mol. The molecule has 1 aliphatic heterocycles. The first-order chi connectivity index (χ1) is 15.8. The lowest BCUT2D eigenvalue weighted by Crippen LogP contribution is -2.31. The van der Waals surface area contributed by atoms with Crippen molar-refractivity contribution >= 4 is 33.0 Å². The van der Waals surface area contributed by atoms with Gasteiger partial charge in [-0.25, -0.2) is 12.8 Å². The highest BCUT2D eigenvalue weighted by Gasteiger charge is 2.40. The van der Waals surface area contributed by atoms with Gasteiger partial charge in [0.15, 0.2) is 0 Å². The minimum atomic E-state index is -3.94. The third kappa shape index (κ3) is 4.68. The standard InChI is InChI=1S/C21H21FN4O5S2/c1-30-15-9-10-17(31-2)18(12-15)33(28,29)26-11-3-4-16(26)20-24-25-21(32-20)19(27)23-14-7-5-13(22)6-8-14/h5-10,12,16H,3-4,11H2,1-2H3,(H,23,27)/t16-/m1/s1. The number of amides is 1. The zero-order valence-electron chi connectivity index (χ0n) is 17.8. The van der Waals surface area contributed by atoms with Gasteiger partial charge >= 0.3 is 0 Å². The molecule has 1 amide bonds. The molecule has 0 unspecified atom stereocenters. The number of benzene rings is 2. The highest BCUT2D eigenvalue weighted by Crippen LogP contribution is 2.40. The first-order valence-corrected chi connectivity index (χ1v) is 12.2. The predicted octanol–water partition coefficient (Wildman–Crippen LogP) is 3.47. The fourth-order valence-electron chi connectivity index (χ4n) is 3.57. The average Bonchev–Trinajstić information content (AvgIpc) is 3.50. The Bertz CT molecular complexity index is 1260. The van der Waals surface area contributed by atoms with Crippen molar-refractivity contribution in [1.82, 2.24) is 14.5 Å². The number of aromatic nitrogens is 2. The van der Waals surface area contributed by atoms with Crippen molar-refractivity contribution in [2.45, 2.75) is 23.8 Å². The normalized spacial score (nSPS) is 16.5. The lowest BCUT2D eigenvalue weighted by Gasteiger charge is -2.23. The number of sulfonamides is 1. The second-order valence-electron chi connectivity index (χ2n) is 7.20. The molecule has 2 aromatic carbocycles. The van der Waals surface area contributed by atoms with Crippen LogP contribution in [0.5, 0.6) is 11.5 Å². The monoisotopic (exact) mass is 492 g/mol. The molecule has 0 radical (unpaired) electrons. The molecule has 0 bridgehead atoms. The maximum absolute atomic E-state index is 13.5. The fraction of sp³-hybridized carbons (Fsp3) is 0.286. The zero-order valence-corrected chi connectivity index (χ0v) is 19.5. The minimum absolute atomic E-state index is 0.00459. The van der Waals surface area contributed by atoms with Crippen molar-refractivity contribution in [3.8, 4) is 11.5 Å². The van der Waals surface area contributed by atoms with Crippen LogP contribution in [0.25, 0.3) is 0 Å². The van der Waals surface area contributed by atoms with Crippen LogP contribution in [0.4, 0.5) is 10.1 Å². The number of hydrogen-bond acceptors (Lipinski definition) is 8. The van der Waals surface area contributed by atoms with Gasteiger partial charge in [0.1, 0.15) is 27.2 Å². The van der Waals surface area contributed by atoms with Crippen LogP contribution in [0.2, 0.25) is 0 Å². The number of carbonyl (C=O) groups excluding carboxylic acids is 1. The van der Waals surface area contributed by atoms with Gasteiger partial charge in [-0.15, -0.1) is 10.2 Å². The van der Waals surface area contributed by atoms with Crippen molar-refractivity contribution < 1.29 is 27.1 Å². The Morgan fingerprint density at radius 2 is 1.91 bits per heavy atom. The molecule has 174 valence electrons. The Morgan fingerprint density at radius 1 is 1.15 bits per heavy atom. The maximum atomic E-state index is 13.5.